The Hall–Kier alpha value is -2.69. The fraction of sp³-hybridized carbons (Fsp3) is 0.188. The van der Waals surface area contributed by atoms with E-state index < -0.39 is 0 Å². The van der Waals surface area contributed by atoms with Crippen LogP contribution in [0.15, 0.2) is 48.7 Å². The summed E-state index contributed by atoms with van der Waals surface area (Å²) in [6, 6.07) is 12.2. The van der Waals surface area contributed by atoms with Crippen molar-refractivity contribution in [2.24, 2.45) is 0 Å². The fourth-order valence-corrected chi connectivity index (χ4v) is 1.76. The normalized spacial score (nSPS) is 10.2. The topological polar surface area (TPSA) is 71.1 Å². The molecule has 0 aliphatic heterocycles. The molecule has 1 aromatic carbocycles. The number of rotatable bonds is 4. The van der Waals surface area contributed by atoms with Gasteiger partial charge in [0, 0.05) is 23.5 Å². The zero-order valence-corrected chi connectivity index (χ0v) is 12.0. The zero-order chi connectivity index (χ0) is 15.2. The van der Waals surface area contributed by atoms with Crippen molar-refractivity contribution in [1.82, 2.24) is 10.3 Å². The van der Waals surface area contributed by atoms with Gasteiger partial charge in [0.1, 0.15) is 5.69 Å². The standard InChI is InChI=1S/C16H17N3O2/c1-11(2)18-15(20)12-8-9-17-14(10-12)16(21)19-13-6-4-3-5-7-13/h3-11H,1-2H3,(H,18,20)(H,19,21). The van der Waals surface area contributed by atoms with Crippen LogP contribution < -0.4 is 10.6 Å². The van der Waals surface area contributed by atoms with E-state index in [0.717, 1.165) is 0 Å². The van der Waals surface area contributed by atoms with Crippen molar-refractivity contribution in [3.05, 3.63) is 59.9 Å². The van der Waals surface area contributed by atoms with Crippen molar-refractivity contribution < 1.29 is 9.59 Å². The van der Waals surface area contributed by atoms with Gasteiger partial charge in [0.25, 0.3) is 11.8 Å². The zero-order valence-electron chi connectivity index (χ0n) is 12.0. The molecule has 21 heavy (non-hydrogen) atoms. The molecule has 2 aromatic rings. The van der Waals surface area contributed by atoms with E-state index in [9.17, 15) is 9.59 Å². The molecule has 2 rings (SSSR count). The number of hydrogen-bond acceptors (Lipinski definition) is 3. The molecule has 0 radical (unpaired) electrons. The van der Waals surface area contributed by atoms with E-state index in [1.807, 2.05) is 32.0 Å². The molecule has 0 saturated carbocycles. The number of amides is 2. The molecule has 1 aromatic heterocycles. The Labute approximate surface area is 123 Å². The lowest BCUT2D eigenvalue weighted by Crippen LogP contribution is -2.30. The minimum Gasteiger partial charge on any atom is -0.350 e. The first-order valence-corrected chi connectivity index (χ1v) is 6.69. The van der Waals surface area contributed by atoms with Crippen LogP contribution in [0.3, 0.4) is 0 Å². The van der Waals surface area contributed by atoms with E-state index >= 15 is 0 Å². The number of carbonyl (C=O) groups excluding carboxylic acids is 2. The van der Waals surface area contributed by atoms with Gasteiger partial charge in [0.2, 0.25) is 0 Å². The summed E-state index contributed by atoms with van der Waals surface area (Å²) < 4.78 is 0. The summed E-state index contributed by atoms with van der Waals surface area (Å²) in [5.41, 5.74) is 1.30. The molecule has 0 unspecified atom stereocenters. The van der Waals surface area contributed by atoms with Crippen LogP contribution in [0.2, 0.25) is 0 Å². The lowest BCUT2D eigenvalue weighted by molar-refractivity contribution is 0.0943. The molecule has 5 nitrogen and oxygen atoms in total. The average molecular weight is 283 g/mol. The molecule has 2 N–H and O–H groups in total. The summed E-state index contributed by atoms with van der Waals surface area (Å²) in [5.74, 6) is -0.568. The number of pyridine rings is 1. The summed E-state index contributed by atoms with van der Waals surface area (Å²) in [4.78, 5) is 28.0. The monoisotopic (exact) mass is 283 g/mol. The first-order chi connectivity index (χ1) is 10.1. The first-order valence-electron chi connectivity index (χ1n) is 6.69. The second-order valence-electron chi connectivity index (χ2n) is 4.88. The molecular formula is C16H17N3O2. The number of aromatic nitrogens is 1. The Kier molecular flexibility index (Phi) is 4.66. The molecule has 0 atom stereocenters. The van der Waals surface area contributed by atoms with Gasteiger partial charge >= 0.3 is 0 Å². The number of nitrogens with one attached hydrogen (secondary N) is 2. The lowest BCUT2D eigenvalue weighted by atomic mass is 10.2. The molecule has 0 bridgehead atoms. The molecule has 1 heterocycles. The van der Waals surface area contributed by atoms with E-state index in [1.54, 1.807) is 18.2 Å². The molecule has 5 heteroatoms. The van der Waals surface area contributed by atoms with E-state index in [-0.39, 0.29) is 23.6 Å². The predicted octanol–water partition coefficient (Wildman–Crippen LogP) is 2.47. The molecule has 0 fully saturated rings. The lowest BCUT2D eigenvalue weighted by Gasteiger charge is -2.09. The SMILES string of the molecule is CC(C)NC(=O)c1ccnc(C(=O)Nc2ccccc2)c1. The first kappa shape index (κ1) is 14.7. The van der Waals surface area contributed by atoms with Crippen molar-refractivity contribution in [1.29, 1.82) is 0 Å². The Morgan fingerprint density at radius 3 is 2.43 bits per heavy atom. The van der Waals surface area contributed by atoms with Crippen LogP contribution in [0, 0.1) is 0 Å². The van der Waals surface area contributed by atoms with Gasteiger partial charge in [-0.05, 0) is 38.1 Å². The second kappa shape index (κ2) is 6.65. The Morgan fingerprint density at radius 2 is 1.76 bits per heavy atom. The third-order valence-electron chi connectivity index (χ3n) is 2.71. The van der Waals surface area contributed by atoms with Gasteiger partial charge < -0.3 is 10.6 Å². The van der Waals surface area contributed by atoms with Crippen molar-refractivity contribution in [2.75, 3.05) is 5.32 Å². The number of nitrogens with zero attached hydrogens (tertiary/aromatic N) is 1. The van der Waals surface area contributed by atoms with Crippen LogP contribution >= 0.6 is 0 Å². The Balaban J connectivity index is 2.13. The van der Waals surface area contributed by atoms with Crippen molar-refractivity contribution in [2.45, 2.75) is 19.9 Å². The average Bonchev–Trinajstić information content (AvgIpc) is 2.47. The third-order valence-corrected chi connectivity index (χ3v) is 2.71. The van der Waals surface area contributed by atoms with E-state index in [4.69, 9.17) is 0 Å². The number of carbonyl (C=O) groups is 2. The van der Waals surface area contributed by atoms with Gasteiger partial charge in [0.05, 0.1) is 0 Å². The van der Waals surface area contributed by atoms with Crippen molar-refractivity contribution >= 4 is 17.5 Å². The Bertz CT molecular complexity index is 639. The summed E-state index contributed by atoms with van der Waals surface area (Å²) in [6.45, 7) is 3.75. The number of hydrogen-bond donors (Lipinski definition) is 2. The highest BCUT2D eigenvalue weighted by Gasteiger charge is 2.12. The maximum atomic E-state index is 12.1. The van der Waals surface area contributed by atoms with Crippen LogP contribution in [0.1, 0.15) is 34.7 Å². The molecule has 2 amide bonds. The van der Waals surface area contributed by atoms with Gasteiger partial charge in [-0.15, -0.1) is 0 Å². The molecule has 0 aliphatic carbocycles. The van der Waals surface area contributed by atoms with Gasteiger partial charge in [0.15, 0.2) is 0 Å². The summed E-state index contributed by atoms with van der Waals surface area (Å²) in [7, 11) is 0. The molecule has 0 saturated heterocycles. The number of para-hydroxylation sites is 1. The number of anilines is 1. The van der Waals surface area contributed by atoms with Gasteiger partial charge in [-0.1, -0.05) is 18.2 Å². The summed E-state index contributed by atoms with van der Waals surface area (Å²) in [5, 5.41) is 5.51. The summed E-state index contributed by atoms with van der Waals surface area (Å²) >= 11 is 0. The maximum absolute atomic E-state index is 12.1. The van der Waals surface area contributed by atoms with Crippen LogP contribution in [-0.2, 0) is 0 Å². The third kappa shape index (κ3) is 4.14. The highest BCUT2D eigenvalue weighted by molar-refractivity contribution is 6.04. The Morgan fingerprint density at radius 1 is 1.05 bits per heavy atom. The van der Waals surface area contributed by atoms with E-state index in [0.29, 0.717) is 11.3 Å². The maximum Gasteiger partial charge on any atom is 0.274 e. The van der Waals surface area contributed by atoms with Crippen molar-refractivity contribution in [3.63, 3.8) is 0 Å². The predicted molar refractivity (Wildman–Crippen MR) is 81.2 cm³/mol. The quantitative estimate of drug-likeness (QED) is 0.905. The summed E-state index contributed by atoms with van der Waals surface area (Å²) in [6.07, 6.45) is 1.45. The number of benzene rings is 1. The largest absolute Gasteiger partial charge is 0.350 e. The highest BCUT2D eigenvalue weighted by atomic mass is 16.2. The van der Waals surface area contributed by atoms with Gasteiger partial charge in [-0.25, -0.2) is 0 Å². The highest BCUT2D eigenvalue weighted by Crippen LogP contribution is 2.09. The van der Waals surface area contributed by atoms with Crippen molar-refractivity contribution in [3.8, 4) is 0 Å². The second-order valence-corrected chi connectivity index (χ2v) is 4.88. The van der Waals surface area contributed by atoms with Crippen LogP contribution in [0.5, 0.6) is 0 Å². The molecular weight excluding hydrogens is 266 g/mol. The van der Waals surface area contributed by atoms with E-state index in [1.165, 1.54) is 12.3 Å². The van der Waals surface area contributed by atoms with Gasteiger partial charge in [-0.3, -0.25) is 14.6 Å². The van der Waals surface area contributed by atoms with Crippen LogP contribution in [-0.4, -0.2) is 22.8 Å². The van der Waals surface area contributed by atoms with E-state index in [2.05, 4.69) is 15.6 Å². The fourth-order valence-electron chi connectivity index (χ4n) is 1.76. The smallest absolute Gasteiger partial charge is 0.274 e. The van der Waals surface area contributed by atoms with Crippen LogP contribution in [0.25, 0.3) is 0 Å². The minimum absolute atomic E-state index is 0.0345. The molecule has 0 aliphatic rings. The minimum atomic E-state index is -0.347. The molecule has 0 spiro atoms. The van der Waals surface area contributed by atoms with Crippen LogP contribution in [0.4, 0.5) is 5.69 Å². The van der Waals surface area contributed by atoms with Gasteiger partial charge in [-0.2, -0.15) is 0 Å². The molecule has 108 valence electrons.